The Labute approximate surface area is 358 Å². The number of ether oxygens (including phenoxy) is 1. The summed E-state index contributed by atoms with van der Waals surface area (Å²) in [6.07, 6.45) is 8.57. The van der Waals surface area contributed by atoms with Gasteiger partial charge in [0.05, 0.1) is 18.4 Å². The number of hydrogen-bond acceptors (Lipinski definition) is 8. The fraction of sp³-hybridized carbons (Fsp3) is 0.551. The minimum absolute atomic E-state index is 0.0129. The zero-order valence-corrected chi connectivity index (χ0v) is 36.6. The number of hydroxylamine groups is 1. The highest BCUT2D eigenvalue weighted by Gasteiger charge is 2.48. The maximum atomic E-state index is 15.2. The van der Waals surface area contributed by atoms with Gasteiger partial charge in [-0.15, -0.1) is 0 Å². The van der Waals surface area contributed by atoms with E-state index in [1.807, 2.05) is 78.9 Å². The Morgan fingerprint density at radius 3 is 1.93 bits per heavy atom. The second kappa shape index (κ2) is 22.9. The summed E-state index contributed by atoms with van der Waals surface area (Å²) in [6.45, 7) is 11.2. The van der Waals surface area contributed by atoms with Crippen molar-refractivity contribution in [2.24, 2.45) is 11.8 Å². The molecule has 11 heteroatoms. The molecule has 1 unspecified atom stereocenters. The van der Waals surface area contributed by atoms with Gasteiger partial charge in [0, 0.05) is 23.7 Å². The molecular weight excluding hydrogens is 755 g/mol. The molecule has 0 saturated carbocycles. The summed E-state index contributed by atoms with van der Waals surface area (Å²) in [5.74, 6) is -2.59. The first-order valence-electron chi connectivity index (χ1n) is 22.3. The third-order valence-electron chi connectivity index (χ3n) is 11.8. The summed E-state index contributed by atoms with van der Waals surface area (Å²) < 4.78 is 5.90. The molecule has 3 atom stereocenters. The lowest BCUT2D eigenvalue weighted by molar-refractivity contribution is -0.159. The van der Waals surface area contributed by atoms with E-state index in [9.17, 15) is 9.59 Å². The van der Waals surface area contributed by atoms with E-state index >= 15 is 9.59 Å². The molecule has 0 spiro atoms. The van der Waals surface area contributed by atoms with E-state index < -0.39 is 35.9 Å². The Kier molecular flexibility index (Phi) is 17.7. The minimum Gasteiger partial charge on any atom is -0.444 e. The Morgan fingerprint density at radius 1 is 0.750 bits per heavy atom. The van der Waals surface area contributed by atoms with Crippen LogP contribution in [0.3, 0.4) is 0 Å². The average Bonchev–Trinajstić information content (AvgIpc) is 3.23. The lowest BCUT2D eigenvalue weighted by atomic mass is 9.79. The van der Waals surface area contributed by atoms with Gasteiger partial charge in [-0.25, -0.2) is 20.6 Å². The molecule has 326 valence electrons. The SMILES string of the molecule is CCCCCCC[C@@H](C(=O)N1NCCC[C@H]1C(=O)N(C(=O)OCc1ccccc1)C1CC(C)(C)NC(C)(C)C1)C(CCCc1ccccc1)C(=O)NOCc1ccccc1. The standard InChI is InChI=1S/C49H69N5O6/c1-6-7-8-9-19-29-42(41(30-20-28-37-22-13-10-14-23-37)44(55)51-60-36-39-26-17-12-18-27-39)45(56)54-43(31-21-32-50-54)46(57)53(40-33-48(2,3)52-49(4,5)34-40)47(58)59-35-38-24-15-11-16-25-38/h10-18,22-27,40-43,50,52H,6-9,19-21,28-36H2,1-5H3,(H,51,55)/t41?,42-,43+/m1/s1. The van der Waals surface area contributed by atoms with Gasteiger partial charge in [0.2, 0.25) is 11.8 Å². The maximum absolute atomic E-state index is 15.2. The van der Waals surface area contributed by atoms with Crippen LogP contribution in [0.5, 0.6) is 0 Å². The van der Waals surface area contributed by atoms with Crippen molar-refractivity contribution in [2.45, 2.75) is 154 Å². The lowest BCUT2D eigenvalue weighted by Crippen LogP contribution is -2.67. The molecule has 3 aromatic carbocycles. The van der Waals surface area contributed by atoms with E-state index in [4.69, 9.17) is 9.57 Å². The van der Waals surface area contributed by atoms with E-state index in [0.29, 0.717) is 51.5 Å². The molecule has 0 radical (unpaired) electrons. The second-order valence-electron chi connectivity index (χ2n) is 18.0. The van der Waals surface area contributed by atoms with Gasteiger partial charge >= 0.3 is 6.09 Å². The number of carbonyl (C=O) groups is 4. The largest absolute Gasteiger partial charge is 0.444 e. The molecule has 3 aromatic rings. The molecule has 0 aromatic heterocycles. The van der Waals surface area contributed by atoms with Gasteiger partial charge in [-0.2, -0.15) is 0 Å². The summed E-state index contributed by atoms with van der Waals surface area (Å²) in [7, 11) is 0. The monoisotopic (exact) mass is 824 g/mol. The highest BCUT2D eigenvalue weighted by atomic mass is 16.6. The van der Waals surface area contributed by atoms with Crippen LogP contribution in [-0.4, -0.2) is 63.4 Å². The second-order valence-corrected chi connectivity index (χ2v) is 18.0. The maximum Gasteiger partial charge on any atom is 0.417 e. The van der Waals surface area contributed by atoms with Crippen molar-refractivity contribution in [3.8, 4) is 0 Å². The molecule has 4 amide bonds. The number of carbonyl (C=O) groups excluding carboxylic acids is 4. The third-order valence-corrected chi connectivity index (χ3v) is 11.8. The van der Waals surface area contributed by atoms with Gasteiger partial charge in [-0.3, -0.25) is 24.2 Å². The highest BCUT2D eigenvalue weighted by Crippen LogP contribution is 2.34. The number of amides is 4. The predicted octanol–water partition coefficient (Wildman–Crippen LogP) is 8.82. The van der Waals surface area contributed by atoms with Crippen molar-refractivity contribution in [3.05, 3.63) is 108 Å². The van der Waals surface area contributed by atoms with Gasteiger partial charge in [0.25, 0.3) is 5.91 Å². The van der Waals surface area contributed by atoms with Gasteiger partial charge in [0.15, 0.2) is 0 Å². The highest BCUT2D eigenvalue weighted by molar-refractivity contribution is 5.98. The predicted molar refractivity (Wildman–Crippen MR) is 235 cm³/mol. The number of aryl methyl sites for hydroxylation is 1. The number of benzene rings is 3. The number of nitrogens with one attached hydrogen (secondary N) is 3. The molecule has 2 aliphatic rings. The number of hydrazine groups is 1. The van der Waals surface area contributed by atoms with Crippen LogP contribution >= 0.6 is 0 Å². The van der Waals surface area contributed by atoms with E-state index in [-0.39, 0.29) is 36.1 Å². The van der Waals surface area contributed by atoms with Crippen LogP contribution in [0.25, 0.3) is 0 Å². The average molecular weight is 824 g/mol. The molecule has 2 heterocycles. The Bertz CT molecular complexity index is 1770. The van der Waals surface area contributed by atoms with E-state index in [1.165, 1.54) is 9.91 Å². The van der Waals surface area contributed by atoms with Crippen LogP contribution in [-0.2, 0) is 43.6 Å². The molecule has 5 rings (SSSR count). The molecule has 11 nitrogen and oxygen atoms in total. The minimum atomic E-state index is -0.971. The van der Waals surface area contributed by atoms with Crippen molar-refractivity contribution < 1.29 is 28.8 Å². The van der Waals surface area contributed by atoms with Crippen molar-refractivity contribution in [2.75, 3.05) is 6.54 Å². The fourth-order valence-corrected chi connectivity index (χ4v) is 9.19. The molecule has 60 heavy (non-hydrogen) atoms. The Morgan fingerprint density at radius 2 is 1.32 bits per heavy atom. The van der Waals surface area contributed by atoms with Gasteiger partial charge < -0.3 is 10.1 Å². The quantitative estimate of drug-likeness (QED) is 0.0762. The summed E-state index contributed by atoms with van der Waals surface area (Å²) in [5, 5.41) is 5.12. The van der Waals surface area contributed by atoms with Gasteiger partial charge in [-0.1, -0.05) is 130 Å². The third kappa shape index (κ3) is 14.0. The summed E-state index contributed by atoms with van der Waals surface area (Å²) >= 11 is 0. The smallest absolute Gasteiger partial charge is 0.417 e. The number of hydrogen-bond donors (Lipinski definition) is 3. The Balaban J connectivity index is 1.44. The van der Waals surface area contributed by atoms with E-state index in [0.717, 1.165) is 55.2 Å². The van der Waals surface area contributed by atoms with E-state index in [1.54, 1.807) is 0 Å². The number of nitrogens with zero attached hydrogens (tertiary/aromatic N) is 2. The van der Waals surface area contributed by atoms with Crippen molar-refractivity contribution in [3.63, 3.8) is 0 Å². The van der Waals surface area contributed by atoms with Crippen molar-refractivity contribution in [1.29, 1.82) is 0 Å². The molecule has 0 aliphatic carbocycles. The van der Waals surface area contributed by atoms with E-state index in [2.05, 4.69) is 63.0 Å². The topological polar surface area (TPSA) is 129 Å². The first kappa shape index (κ1) is 46.5. The lowest BCUT2D eigenvalue weighted by Gasteiger charge is -2.49. The van der Waals surface area contributed by atoms with Crippen LogP contribution in [0.2, 0.25) is 0 Å². The van der Waals surface area contributed by atoms with Crippen LogP contribution in [0.15, 0.2) is 91.0 Å². The zero-order valence-electron chi connectivity index (χ0n) is 36.6. The number of imide groups is 1. The number of unbranched alkanes of at least 4 members (excludes halogenated alkanes) is 4. The number of rotatable bonds is 20. The normalized spacial score (nSPS) is 18.6. The summed E-state index contributed by atoms with van der Waals surface area (Å²) in [6, 6.07) is 27.7. The summed E-state index contributed by atoms with van der Waals surface area (Å²) in [4.78, 5) is 66.0. The Hall–Kier alpha value is -4.58. The van der Waals surface area contributed by atoms with Gasteiger partial charge in [-0.05, 0) is 95.8 Å². The number of piperidine rings is 1. The molecule has 2 fully saturated rings. The first-order chi connectivity index (χ1) is 28.9. The van der Waals surface area contributed by atoms with Crippen LogP contribution in [0, 0.1) is 11.8 Å². The molecule has 0 bridgehead atoms. The first-order valence-corrected chi connectivity index (χ1v) is 22.3. The molecule has 2 aliphatic heterocycles. The molecule has 2 saturated heterocycles. The van der Waals surface area contributed by atoms with Crippen molar-refractivity contribution in [1.82, 2.24) is 26.1 Å². The summed E-state index contributed by atoms with van der Waals surface area (Å²) in [5.41, 5.74) is 8.11. The van der Waals surface area contributed by atoms with Crippen LogP contribution in [0.1, 0.15) is 128 Å². The zero-order chi connectivity index (χ0) is 43.0. The van der Waals surface area contributed by atoms with Gasteiger partial charge in [0.1, 0.15) is 12.6 Å². The molecule has 3 N–H and O–H groups in total. The van der Waals surface area contributed by atoms with Crippen LogP contribution in [0.4, 0.5) is 4.79 Å². The van der Waals surface area contributed by atoms with Crippen LogP contribution < -0.4 is 16.2 Å². The van der Waals surface area contributed by atoms with Crippen molar-refractivity contribution >= 4 is 23.8 Å². The molecular formula is C49H69N5O6. The fourth-order valence-electron chi connectivity index (χ4n) is 9.19.